The smallest absolute Gasteiger partial charge is 0.243 e. The van der Waals surface area contributed by atoms with Crippen LogP contribution in [0, 0.1) is 0 Å². The SMILES string of the molecule is CCCCCCCOc1ccc(NCC(=O)Nc2ccc(OCC3CCCO3)cc2)cc1. The van der Waals surface area contributed by atoms with E-state index in [9.17, 15) is 4.79 Å². The van der Waals surface area contributed by atoms with Gasteiger partial charge in [0, 0.05) is 18.0 Å². The molecule has 1 amide bonds. The fourth-order valence-corrected chi connectivity index (χ4v) is 3.55. The first kappa shape index (κ1) is 23.9. The zero-order valence-electron chi connectivity index (χ0n) is 19.1. The molecule has 2 aromatic rings. The van der Waals surface area contributed by atoms with E-state index in [0.29, 0.717) is 6.61 Å². The van der Waals surface area contributed by atoms with Crippen LogP contribution in [0.25, 0.3) is 0 Å². The van der Waals surface area contributed by atoms with Crippen LogP contribution >= 0.6 is 0 Å². The lowest BCUT2D eigenvalue weighted by Crippen LogP contribution is -2.21. The Morgan fingerprint density at radius 2 is 1.62 bits per heavy atom. The fourth-order valence-electron chi connectivity index (χ4n) is 3.55. The topological polar surface area (TPSA) is 68.8 Å². The lowest BCUT2D eigenvalue weighted by atomic mass is 10.2. The van der Waals surface area contributed by atoms with Crippen LogP contribution in [0.2, 0.25) is 0 Å². The predicted molar refractivity (Wildman–Crippen MR) is 129 cm³/mol. The summed E-state index contributed by atoms with van der Waals surface area (Å²) in [6.07, 6.45) is 8.47. The van der Waals surface area contributed by atoms with Gasteiger partial charge in [-0.25, -0.2) is 0 Å². The van der Waals surface area contributed by atoms with Gasteiger partial charge in [0.1, 0.15) is 18.1 Å². The van der Waals surface area contributed by atoms with Gasteiger partial charge in [0.15, 0.2) is 0 Å². The van der Waals surface area contributed by atoms with E-state index in [1.807, 2.05) is 48.5 Å². The van der Waals surface area contributed by atoms with E-state index in [0.717, 1.165) is 55.4 Å². The summed E-state index contributed by atoms with van der Waals surface area (Å²) in [5, 5.41) is 6.03. The largest absolute Gasteiger partial charge is 0.494 e. The van der Waals surface area contributed by atoms with Crippen LogP contribution in [-0.2, 0) is 9.53 Å². The first-order valence-electron chi connectivity index (χ1n) is 11.8. The first-order chi connectivity index (χ1) is 15.7. The Kier molecular flexibility index (Phi) is 10.2. The molecule has 0 aromatic heterocycles. The Bertz CT molecular complexity index is 786. The number of nitrogens with one attached hydrogen (secondary N) is 2. The Labute approximate surface area is 191 Å². The molecule has 1 heterocycles. The van der Waals surface area contributed by atoms with Crippen molar-refractivity contribution in [3.63, 3.8) is 0 Å². The molecule has 0 aliphatic carbocycles. The third-order valence-electron chi connectivity index (χ3n) is 5.42. The molecular formula is C26H36N2O4. The number of hydrogen-bond donors (Lipinski definition) is 2. The van der Waals surface area contributed by atoms with Crippen LogP contribution in [-0.4, -0.2) is 38.4 Å². The standard InChI is InChI=1S/C26H36N2O4/c1-2-3-4-5-6-17-30-23-13-9-21(10-14-23)27-19-26(29)28-22-11-15-24(16-12-22)32-20-25-8-7-18-31-25/h9-16,25,27H,2-8,17-20H2,1H3,(H,28,29). The Morgan fingerprint density at radius 1 is 0.938 bits per heavy atom. The third-order valence-corrected chi connectivity index (χ3v) is 5.42. The van der Waals surface area contributed by atoms with E-state index >= 15 is 0 Å². The minimum Gasteiger partial charge on any atom is -0.494 e. The molecule has 32 heavy (non-hydrogen) atoms. The highest BCUT2D eigenvalue weighted by Gasteiger charge is 2.15. The molecular weight excluding hydrogens is 404 g/mol. The van der Waals surface area contributed by atoms with Crippen LogP contribution in [0.15, 0.2) is 48.5 Å². The lowest BCUT2D eigenvalue weighted by Gasteiger charge is -2.12. The number of hydrogen-bond acceptors (Lipinski definition) is 5. The summed E-state index contributed by atoms with van der Waals surface area (Å²) in [6, 6.07) is 15.1. The second-order valence-corrected chi connectivity index (χ2v) is 8.16. The van der Waals surface area contributed by atoms with Gasteiger partial charge in [0.05, 0.1) is 19.3 Å². The van der Waals surface area contributed by atoms with Gasteiger partial charge in [-0.15, -0.1) is 0 Å². The Balaban J connectivity index is 1.31. The molecule has 3 rings (SSSR count). The van der Waals surface area contributed by atoms with Crippen molar-refractivity contribution in [2.75, 3.05) is 37.0 Å². The number of carbonyl (C=O) groups is 1. The minimum atomic E-state index is -0.106. The van der Waals surface area contributed by atoms with Crippen molar-refractivity contribution in [1.82, 2.24) is 0 Å². The van der Waals surface area contributed by atoms with Crippen molar-refractivity contribution < 1.29 is 19.0 Å². The van der Waals surface area contributed by atoms with Gasteiger partial charge in [-0.2, -0.15) is 0 Å². The lowest BCUT2D eigenvalue weighted by molar-refractivity contribution is -0.114. The van der Waals surface area contributed by atoms with Crippen LogP contribution in [0.5, 0.6) is 11.5 Å². The molecule has 1 aliphatic rings. The van der Waals surface area contributed by atoms with Crippen LogP contribution in [0.1, 0.15) is 51.9 Å². The zero-order valence-corrected chi connectivity index (χ0v) is 19.1. The fraction of sp³-hybridized carbons (Fsp3) is 0.500. The normalized spacial score (nSPS) is 15.3. The molecule has 1 unspecified atom stereocenters. The molecule has 1 saturated heterocycles. The van der Waals surface area contributed by atoms with Crippen molar-refractivity contribution in [3.8, 4) is 11.5 Å². The predicted octanol–water partition coefficient (Wildman–Crippen LogP) is 5.64. The van der Waals surface area contributed by atoms with Crippen molar-refractivity contribution in [2.24, 2.45) is 0 Å². The van der Waals surface area contributed by atoms with Crippen LogP contribution in [0.4, 0.5) is 11.4 Å². The average molecular weight is 441 g/mol. The van der Waals surface area contributed by atoms with Gasteiger partial charge in [-0.3, -0.25) is 4.79 Å². The molecule has 174 valence electrons. The summed E-state index contributed by atoms with van der Waals surface area (Å²) in [5.74, 6) is 1.53. The molecule has 0 bridgehead atoms. The van der Waals surface area contributed by atoms with Gasteiger partial charge >= 0.3 is 0 Å². The van der Waals surface area contributed by atoms with Gasteiger partial charge in [0.25, 0.3) is 0 Å². The maximum absolute atomic E-state index is 12.2. The average Bonchev–Trinajstić information content (AvgIpc) is 3.34. The maximum Gasteiger partial charge on any atom is 0.243 e. The quantitative estimate of drug-likeness (QED) is 0.372. The van der Waals surface area contributed by atoms with Crippen molar-refractivity contribution in [3.05, 3.63) is 48.5 Å². The molecule has 0 saturated carbocycles. The van der Waals surface area contributed by atoms with E-state index in [1.54, 1.807) is 0 Å². The summed E-state index contributed by atoms with van der Waals surface area (Å²) in [4.78, 5) is 12.2. The van der Waals surface area contributed by atoms with Crippen molar-refractivity contribution in [2.45, 2.75) is 58.0 Å². The number of rotatable bonds is 14. The molecule has 0 spiro atoms. The summed E-state index contributed by atoms with van der Waals surface area (Å²) in [6.45, 7) is 4.55. The maximum atomic E-state index is 12.2. The molecule has 2 N–H and O–H groups in total. The highest BCUT2D eigenvalue weighted by Crippen LogP contribution is 2.19. The van der Waals surface area contributed by atoms with Gasteiger partial charge in [0.2, 0.25) is 5.91 Å². The number of amides is 1. The number of ether oxygens (including phenoxy) is 3. The zero-order chi connectivity index (χ0) is 22.4. The molecule has 1 atom stereocenters. The second-order valence-electron chi connectivity index (χ2n) is 8.16. The van der Waals surface area contributed by atoms with E-state index in [1.165, 1.54) is 25.7 Å². The highest BCUT2D eigenvalue weighted by molar-refractivity contribution is 5.93. The van der Waals surface area contributed by atoms with E-state index in [-0.39, 0.29) is 18.6 Å². The molecule has 6 nitrogen and oxygen atoms in total. The number of anilines is 2. The summed E-state index contributed by atoms with van der Waals surface area (Å²) < 4.78 is 17.1. The number of unbranched alkanes of at least 4 members (excludes halogenated alkanes) is 4. The van der Waals surface area contributed by atoms with Crippen LogP contribution in [0.3, 0.4) is 0 Å². The molecule has 0 radical (unpaired) electrons. The van der Waals surface area contributed by atoms with Gasteiger partial charge < -0.3 is 24.8 Å². The van der Waals surface area contributed by atoms with E-state index in [4.69, 9.17) is 14.2 Å². The summed E-state index contributed by atoms with van der Waals surface area (Å²) >= 11 is 0. The third kappa shape index (κ3) is 8.79. The Hall–Kier alpha value is -2.73. The summed E-state index contributed by atoms with van der Waals surface area (Å²) in [5.41, 5.74) is 1.62. The van der Waals surface area contributed by atoms with E-state index in [2.05, 4.69) is 17.6 Å². The minimum absolute atomic E-state index is 0.106. The highest BCUT2D eigenvalue weighted by atomic mass is 16.5. The number of benzene rings is 2. The molecule has 1 aliphatic heterocycles. The van der Waals surface area contributed by atoms with Gasteiger partial charge in [-0.05, 0) is 67.8 Å². The monoisotopic (exact) mass is 440 g/mol. The molecule has 6 heteroatoms. The molecule has 2 aromatic carbocycles. The number of carbonyl (C=O) groups excluding carboxylic acids is 1. The van der Waals surface area contributed by atoms with Gasteiger partial charge in [-0.1, -0.05) is 32.6 Å². The first-order valence-corrected chi connectivity index (χ1v) is 11.8. The van der Waals surface area contributed by atoms with E-state index < -0.39 is 0 Å². The Morgan fingerprint density at radius 3 is 2.31 bits per heavy atom. The van der Waals surface area contributed by atoms with Crippen LogP contribution < -0.4 is 20.1 Å². The van der Waals surface area contributed by atoms with Crippen molar-refractivity contribution in [1.29, 1.82) is 0 Å². The second kappa shape index (κ2) is 13.6. The summed E-state index contributed by atoms with van der Waals surface area (Å²) in [7, 11) is 0. The van der Waals surface area contributed by atoms with Crippen molar-refractivity contribution >= 4 is 17.3 Å². The molecule has 1 fully saturated rings.